The number of hydrogen-bond acceptors (Lipinski definition) is 4. The molecular weight excluding hydrogens is 256 g/mol. The second-order valence-corrected chi connectivity index (χ2v) is 5.99. The van der Waals surface area contributed by atoms with Crippen LogP contribution in [0.25, 0.3) is 0 Å². The highest BCUT2D eigenvalue weighted by molar-refractivity contribution is 7.86. The van der Waals surface area contributed by atoms with Gasteiger partial charge in [0.15, 0.2) is 0 Å². The van der Waals surface area contributed by atoms with E-state index >= 15 is 0 Å². The molecule has 7 nitrogen and oxygen atoms in total. The van der Waals surface area contributed by atoms with Crippen LogP contribution in [0.1, 0.15) is 20.3 Å². The molecule has 1 saturated heterocycles. The van der Waals surface area contributed by atoms with E-state index in [0.717, 1.165) is 6.42 Å². The number of carbonyl (C=O) groups excluding carboxylic acids is 1. The van der Waals surface area contributed by atoms with Gasteiger partial charge in [0.05, 0.1) is 6.04 Å². The first-order valence-corrected chi connectivity index (χ1v) is 7.66. The first-order valence-electron chi connectivity index (χ1n) is 6.16. The summed E-state index contributed by atoms with van der Waals surface area (Å²) < 4.78 is 23.5. The molecule has 3 N–H and O–H groups in total. The molecule has 0 saturated carbocycles. The van der Waals surface area contributed by atoms with E-state index in [2.05, 4.69) is 5.32 Å². The van der Waals surface area contributed by atoms with Crippen molar-refractivity contribution >= 4 is 16.1 Å². The van der Waals surface area contributed by atoms with E-state index in [-0.39, 0.29) is 11.9 Å². The molecule has 0 spiro atoms. The normalized spacial score (nSPS) is 20.6. The highest BCUT2D eigenvalue weighted by Crippen LogP contribution is 2.08. The molecule has 1 heterocycles. The lowest BCUT2D eigenvalue weighted by molar-refractivity contribution is -0.126. The molecule has 1 atom stereocenters. The molecule has 1 aliphatic heterocycles. The average Bonchev–Trinajstić information content (AvgIpc) is 2.34. The molecule has 0 aromatic carbocycles. The summed E-state index contributed by atoms with van der Waals surface area (Å²) in [4.78, 5) is 13.7. The number of nitrogens with one attached hydrogen (secondary N) is 1. The van der Waals surface area contributed by atoms with Gasteiger partial charge in [-0.2, -0.15) is 12.7 Å². The molecular formula is C10H22N4O3S. The maximum atomic E-state index is 11.8. The predicted molar refractivity (Wildman–Crippen MR) is 69.0 cm³/mol. The second-order valence-electron chi connectivity index (χ2n) is 4.45. The summed E-state index contributed by atoms with van der Waals surface area (Å²) in [6, 6.07) is -0.237. The smallest absolute Gasteiger partial charge is 0.276 e. The zero-order valence-corrected chi connectivity index (χ0v) is 11.7. The Bertz CT molecular complexity index is 377. The molecule has 106 valence electrons. The van der Waals surface area contributed by atoms with Crippen LogP contribution in [0.3, 0.4) is 0 Å². The van der Waals surface area contributed by atoms with Crippen molar-refractivity contribution in [1.29, 1.82) is 0 Å². The summed E-state index contributed by atoms with van der Waals surface area (Å²) in [7, 11) is -3.60. The summed E-state index contributed by atoms with van der Waals surface area (Å²) in [5, 5.41) is 7.89. The quantitative estimate of drug-likeness (QED) is 0.655. The molecule has 18 heavy (non-hydrogen) atoms. The van der Waals surface area contributed by atoms with Crippen molar-refractivity contribution in [3.05, 3.63) is 0 Å². The predicted octanol–water partition coefficient (Wildman–Crippen LogP) is -1.28. The molecule has 1 aliphatic rings. The van der Waals surface area contributed by atoms with E-state index in [9.17, 15) is 13.2 Å². The molecule has 1 unspecified atom stereocenters. The van der Waals surface area contributed by atoms with Crippen molar-refractivity contribution in [1.82, 2.24) is 14.5 Å². The molecule has 0 radical (unpaired) electrons. The van der Waals surface area contributed by atoms with E-state index in [1.54, 1.807) is 0 Å². The number of carbonyl (C=O) groups is 1. The molecule has 0 aromatic heterocycles. The van der Waals surface area contributed by atoms with E-state index in [1.165, 1.54) is 4.31 Å². The third-order valence-electron chi connectivity index (χ3n) is 3.11. The van der Waals surface area contributed by atoms with Crippen molar-refractivity contribution < 1.29 is 13.2 Å². The molecule has 0 bridgehead atoms. The van der Waals surface area contributed by atoms with Gasteiger partial charge in [-0.3, -0.25) is 9.69 Å². The van der Waals surface area contributed by atoms with Crippen LogP contribution in [0.15, 0.2) is 0 Å². The maximum Gasteiger partial charge on any atom is 0.276 e. The number of amides is 1. The average molecular weight is 278 g/mol. The van der Waals surface area contributed by atoms with Crippen LogP contribution >= 0.6 is 0 Å². The topological polar surface area (TPSA) is 95.7 Å². The van der Waals surface area contributed by atoms with Crippen molar-refractivity contribution in [2.24, 2.45) is 5.14 Å². The standard InChI is InChI=1S/C10H22N4O3S/c1-3-4-12-10(15)9(2)13-5-7-14(8-6-13)18(11,16)17/h9H,3-8H2,1-2H3,(H,12,15)(H2,11,16,17). The van der Waals surface area contributed by atoms with Gasteiger partial charge < -0.3 is 5.32 Å². The Hall–Kier alpha value is -0.700. The van der Waals surface area contributed by atoms with Gasteiger partial charge in [0, 0.05) is 32.7 Å². The Balaban J connectivity index is 2.45. The van der Waals surface area contributed by atoms with Crippen LogP contribution in [0.4, 0.5) is 0 Å². The fraction of sp³-hybridized carbons (Fsp3) is 0.900. The number of hydrogen-bond donors (Lipinski definition) is 2. The third-order valence-corrected chi connectivity index (χ3v) is 4.19. The van der Waals surface area contributed by atoms with Crippen LogP contribution in [0.5, 0.6) is 0 Å². The van der Waals surface area contributed by atoms with Crippen molar-refractivity contribution in [2.75, 3.05) is 32.7 Å². The zero-order valence-electron chi connectivity index (χ0n) is 10.9. The summed E-state index contributed by atoms with van der Waals surface area (Å²) in [5.74, 6) is -0.0131. The molecule has 0 aliphatic carbocycles. The summed E-state index contributed by atoms with van der Waals surface area (Å²) >= 11 is 0. The van der Waals surface area contributed by atoms with Crippen LogP contribution in [0, 0.1) is 0 Å². The van der Waals surface area contributed by atoms with E-state index in [0.29, 0.717) is 32.7 Å². The van der Waals surface area contributed by atoms with Crippen LogP contribution in [-0.2, 0) is 15.0 Å². The fourth-order valence-electron chi connectivity index (χ4n) is 1.91. The first kappa shape index (κ1) is 15.4. The second kappa shape index (κ2) is 6.46. The van der Waals surface area contributed by atoms with Crippen molar-refractivity contribution in [3.63, 3.8) is 0 Å². The largest absolute Gasteiger partial charge is 0.355 e. The zero-order chi connectivity index (χ0) is 13.8. The lowest BCUT2D eigenvalue weighted by Gasteiger charge is -2.35. The Labute approximate surface area is 108 Å². The van der Waals surface area contributed by atoms with E-state index in [4.69, 9.17) is 5.14 Å². The first-order chi connectivity index (χ1) is 8.36. The van der Waals surface area contributed by atoms with Crippen LogP contribution < -0.4 is 10.5 Å². The number of piperazine rings is 1. The highest BCUT2D eigenvalue weighted by atomic mass is 32.2. The lowest BCUT2D eigenvalue weighted by atomic mass is 10.2. The number of rotatable bonds is 5. The fourth-order valence-corrected chi connectivity index (χ4v) is 2.58. The van der Waals surface area contributed by atoms with Crippen LogP contribution in [-0.4, -0.2) is 62.3 Å². The number of nitrogens with zero attached hydrogens (tertiary/aromatic N) is 2. The van der Waals surface area contributed by atoms with Gasteiger partial charge in [0.25, 0.3) is 10.2 Å². The Morgan fingerprint density at radius 2 is 1.89 bits per heavy atom. The minimum Gasteiger partial charge on any atom is -0.355 e. The van der Waals surface area contributed by atoms with Gasteiger partial charge in [-0.15, -0.1) is 0 Å². The SMILES string of the molecule is CCCNC(=O)C(C)N1CCN(S(N)(=O)=O)CC1. The molecule has 0 aromatic rings. The van der Waals surface area contributed by atoms with Gasteiger partial charge in [0.2, 0.25) is 5.91 Å². The monoisotopic (exact) mass is 278 g/mol. The van der Waals surface area contributed by atoms with Gasteiger partial charge >= 0.3 is 0 Å². The number of nitrogens with two attached hydrogens (primary N) is 1. The van der Waals surface area contributed by atoms with Crippen LogP contribution in [0.2, 0.25) is 0 Å². The molecule has 8 heteroatoms. The van der Waals surface area contributed by atoms with Gasteiger partial charge in [-0.25, -0.2) is 5.14 Å². The summed E-state index contributed by atoms with van der Waals surface area (Å²) in [5.41, 5.74) is 0. The summed E-state index contributed by atoms with van der Waals surface area (Å²) in [6.07, 6.45) is 0.900. The minimum atomic E-state index is -3.60. The van der Waals surface area contributed by atoms with Crippen molar-refractivity contribution in [2.45, 2.75) is 26.3 Å². The van der Waals surface area contributed by atoms with Gasteiger partial charge in [-0.1, -0.05) is 6.92 Å². The molecule has 1 fully saturated rings. The molecule has 1 amide bonds. The lowest BCUT2D eigenvalue weighted by Crippen LogP contribution is -2.55. The Morgan fingerprint density at radius 3 is 2.33 bits per heavy atom. The highest BCUT2D eigenvalue weighted by Gasteiger charge is 2.28. The van der Waals surface area contributed by atoms with Gasteiger partial charge in [0.1, 0.15) is 0 Å². The summed E-state index contributed by atoms with van der Waals surface area (Å²) in [6.45, 7) is 6.22. The Morgan fingerprint density at radius 1 is 1.33 bits per heavy atom. The molecule has 1 rings (SSSR count). The van der Waals surface area contributed by atoms with E-state index < -0.39 is 10.2 Å². The van der Waals surface area contributed by atoms with Gasteiger partial charge in [-0.05, 0) is 13.3 Å². The van der Waals surface area contributed by atoms with E-state index in [1.807, 2.05) is 18.7 Å². The van der Waals surface area contributed by atoms with Crippen molar-refractivity contribution in [3.8, 4) is 0 Å². The third kappa shape index (κ3) is 4.20. The maximum absolute atomic E-state index is 11.8. The minimum absolute atomic E-state index is 0.0131. The Kier molecular flexibility index (Phi) is 5.51.